The summed E-state index contributed by atoms with van der Waals surface area (Å²) in [6, 6.07) is 3.79. The first-order valence-electron chi connectivity index (χ1n) is 9.60. The van der Waals surface area contributed by atoms with Crippen molar-refractivity contribution in [3.8, 4) is 11.5 Å². The second-order valence-electron chi connectivity index (χ2n) is 7.05. The maximum Gasteiger partial charge on any atom is 0.224 e. The highest BCUT2D eigenvalue weighted by Gasteiger charge is 2.17. The van der Waals surface area contributed by atoms with Crippen molar-refractivity contribution in [1.82, 2.24) is 20.8 Å². The van der Waals surface area contributed by atoms with Gasteiger partial charge in [-0.3, -0.25) is 9.89 Å². The Balaban J connectivity index is 1.36. The van der Waals surface area contributed by atoms with Gasteiger partial charge in [-0.25, -0.2) is 0 Å². The van der Waals surface area contributed by atoms with Crippen molar-refractivity contribution in [2.24, 2.45) is 5.92 Å². The molecule has 0 unspecified atom stereocenters. The van der Waals surface area contributed by atoms with E-state index in [4.69, 9.17) is 21.1 Å². The molecule has 0 spiro atoms. The van der Waals surface area contributed by atoms with E-state index in [0.717, 1.165) is 24.1 Å². The van der Waals surface area contributed by atoms with Gasteiger partial charge in [0.05, 0.1) is 11.2 Å². The molecule has 2 heterocycles. The van der Waals surface area contributed by atoms with Crippen LogP contribution in [0.3, 0.4) is 0 Å². The summed E-state index contributed by atoms with van der Waals surface area (Å²) in [7, 11) is 0. The van der Waals surface area contributed by atoms with Crippen molar-refractivity contribution in [3.63, 3.8) is 0 Å². The Morgan fingerprint density at radius 2 is 2.18 bits per heavy atom. The second kappa shape index (κ2) is 9.80. The standard InChI is InChI=1S/C20H27ClN4O3/c1-13(20(26)23-5-3-4-16-12-24-25-14(16)2)10-22-11-15-8-17(21)19-18(9-15)27-6-7-28-19/h8-9,12-13,22H,3-7,10-11H2,1-2H3,(H,23,26)(H,24,25)/t13-/m0/s1. The van der Waals surface area contributed by atoms with Crippen LogP contribution in [0.2, 0.25) is 5.02 Å². The van der Waals surface area contributed by atoms with E-state index in [1.165, 1.54) is 5.56 Å². The summed E-state index contributed by atoms with van der Waals surface area (Å²) in [4.78, 5) is 12.2. The number of carbonyl (C=O) groups excluding carboxylic acids is 1. The highest BCUT2D eigenvalue weighted by molar-refractivity contribution is 6.32. The van der Waals surface area contributed by atoms with E-state index >= 15 is 0 Å². The molecule has 152 valence electrons. The van der Waals surface area contributed by atoms with Crippen molar-refractivity contribution < 1.29 is 14.3 Å². The molecule has 1 amide bonds. The molecular formula is C20H27ClN4O3. The number of ether oxygens (including phenoxy) is 2. The minimum Gasteiger partial charge on any atom is -0.486 e. The van der Waals surface area contributed by atoms with Crippen molar-refractivity contribution in [2.75, 3.05) is 26.3 Å². The minimum atomic E-state index is -0.122. The van der Waals surface area contributed by atoms with Gasteiger partial charge < -0.3 is 20.1 Å². The van der Waals surface area contributed by atoms with E-state index in [1.54, 1.807) is 0 Å². The fraction of sp³-hybridized carbons (Fsp3) is 0.500. The molecule has 3 N–H and O–H groups in total. The van der Waals surface area contributed by atoms with Crippen LogP contribution in [0, 0.1) is 12.8 Å². The lowest BCUT2D eigenvalue weighted by Gasteiger charge is -2.20. The van der Waals surface area contributed by atoms with Crippen molar-refractivity contribution >= 4 is 17.5 Å². The Bertz CT molecular complexity index is 809. The topological polar surface area (TPSA) is 88.3 Å². The highest BCUT2D eigenvalue weighted by Crippen LogP contribution is 2.38. The van der Waals surface area contributed by atoms with E-state index in [0.29, 0.717) is 49.4 Å². The molecule has 1 atom stereocenters. The molecule has 1 aromatic carbocycles. The molecule has 28 heavy (non-hydrogen) atoms. The Morgan fingerprint density at radius 1 is 1.36 bits per heavy atom. The van der Waals surface area contributed by atoms with E-state index in [2.05, 4.69) is 20.8 Å². The number of fused-ring (bicyclic) bond motifs is 1. The first kappa shape index (κ1) is 20.5. The zero-order valence-corrected chi connectivity index (χ0v) is 17.1. The van der Waals surface area contributed by atoms with Gasteiger partial charge in [-0.05, 0) is 43.0 Å². The predicted molar refractivity (Wildman–Crippen MR) is 108 cm³/mol. The fourth-order valence-corrected chi connectivity index (χ4v) is 3.37. The quantitative estimate of drug-likeness (QED) is 0.557. The molecule has 0 fully saturated rings. The van der Waals surface area contributed by atoms with Gasteiger partial charge in [0, 0.05) is 31.2 Å². The van der Waals surface area contributed by atoms with Crippen LogP contribution < -0.4 is 20.1 Å². The number of halogens is 1. The Kier molecular flexibility index (Phi) is 7.17. The molecule has 3 rings (SSSR count). The first-order valence-corrected chi connectivity index (χ1v) is 9.97. The molecule has 0 aliphatic carbocycles. The van der Waals surface area contributed by atoms with Crippen LogP contribution in [0.4, 0.5) is 0 Å². The summed E-state index contributed by atoms with van der Waals surface area (Å²) in [5.74, 6) is 1.21. The average Bonchev–Trinajstić information content (AvgIpc) is 3.10. The van der Waals surface area contributed by atoms with Gasteiger partial charge in [-0.15, -0.1) is 0 Å². The molecule has 1 aliphatic rings. The molecule has 1 aromatic heterocycles. The van der Waals surface area contributed by atoms with Crippen LogP contribution in [-0.4, -0.2) is 42.4 Å². The zero-order chi connectivity index (χ0) is 19.9. The number of H-pyrrole nitrogens is 1. The molecule has 8 heteroatoms. The number of hydrogen-bond donors (Lipinski definition) is 3. The molecule has 1 aliphatic heterocycles. The van der Waals surface area contributed by atoms with E-state index in [9.17, 15) is 4.79 Å². The van der Waals surface area contributed by atoms with Crippen molar-refractivity contribution in [1.29, 1.82) is 0 Å². The second-order valence-corrected chi connectivity index (χ2v) is 7.46. The third kappa shape index (κ3) is 5.39. The van der Waals surface area contributed by atoms with Gasteiger partial charge >= 0.3 is 0 Å². The van der Waals surface area contributed by atoms with Gasteiger partial charge in [-0.2, -0.15) is 5.10 Å². The maximum absolute atomic E-state index is 12.2. The number of hydrogen-bond acceptors (Lipinski definition) is 5. The molecule has 2 aromatic rings. The normalized spacial score (nSPS) is 14.0. The summed E-state index contributed by atoms with van der Waals surface area (Å²) in [5.41, 5.74) is 3.28. The van der Waals surface area contributed by atoms with E-state index in [1.807, 2.05) is 32.2 Å². The largest absolute Gasteiger partial charge is 0.486 e. The van der Waals surface area contributed by atoms with Crippen LogP contribution >= 0.6 is 11.6 Å². The molecule has 0 radical (unpaired) electrons. The fourth-order valence-electron chi connectivity index (χ4n) is 3.08. The van der Waals surface area contributed by atoms with Gasteiger partial charge in [0.2, 0.25) is 5.91 Å². The maximum atomic E-state index is 12.2. The summed E-state index contributed by atoms with van der Waals surface area (Å²) in [6.45, 7) is 6.80. The smallest absolute Gasteiger partial charge is 0.224 e. The lowest BCUT2D eigenvalue weighted by molar-refractivity contribution is -0.124. The van der Waals surface area contributed by atoms with Crippen LogP contribution in [-0.2, 0) is 17.8 Å². The SMILES string of the molecule is Cc1[nH]ncc1CCCNC(=O)[C@@H](C)CNCc1cc(Cl)c2c(c1)OCCO2. The lowest BCUT2D eigenvalue weighted by atomic mass is 10.1. The van der Waals surface area contributed by atoms with E-state index < -0.39 is 0 Å². The number of aryl methyl sites for hydroxylation is 2. The number of aromatic nitrogens is 2. The number of nitrogens with zero attached hydrogens (tertiary/aromatic N) is 1. The third-order valence-corrected chi connectivity index (χ3v) is 5.02. The monoisotopic (exact) mass is 406 g/mol. The predicted octanol–water partition coefficient (Wildman–Crippen LogP) is 2.62. The molecule has 7 nitrogen and oxygen atoms in total. The van der Waals surface area contributed by atoms with Crippen LogP contribution in [0.1, 0.15) is 30.2 Å². The molecule has 0 bridgehead atoms. The number of rotatable bonds is 9. The van der Waals surface area contributed by atoms with Gasteiger partial charge in [0.15, 0.2) is 11.5 Å². The average molecular weight is 407 g/mol. The highest BCUT2D eigenvalue weighted by atomic mass is 35.5. The Morgan fingerprint density at radius 3 is 2.96 bits per heavy atom. The van der Waals surface area contributed by atoms with E-state index in [-0.39, 0.29) is 11.8 Å². The molecule has 0 saturated carbocycles. The molecular weight excluding hydrogens is 380 g/mol. The summed E-state index contributed by atoms with van der Waals surface area (Å²) < 4.78 is 11.1. The zero-order valence-electron chi connectivity index (χ0n) is 16.3. The number of carbonyl (C=O) groups is 1. The number of amides is 1. The van der Waals surface area contributed by atoms with Crippen LogP contribution in [0.25, 0.3) is 0 Å². The number of nitrogens with one attached hydrogen (secondary N) is 3. The summed E-state index contributed by atoms with van der Waals surface area (Å²) in [6.07, 6.45) is 3.63. The van der Waals surface area contributed by atoms with Gasteiger partial charge in [-0.1, -0.05) is 18.5 Å². The molecule has 0 saturated heterocycles. The van der Waals surface area contributed by atoms with Crippen LogP contribution in [0.5, 0.6) is 11.5 Å². The summed E-state index contributed by atoms with van der Waals surface area (Å²) >= 11 is 6.25. The minimum absolute atomic E-state index is 0.0524. The van der Waals surface area contributed by atoms with Crippen LogP contribution in [0.15, 0.2) is 18.3 Å². The van der Waals surface area contributed by atoms with Crippen molar-refractivity contribution in [3.05, 3.63) is 40.2 Å². The number of aromatic amines is 1. The summed E-state index contributed by atoms with van der Waals surface area (Å²) in [5, 5.41) is 13.8. The lowest BCUT2D eigenvalue weighted by Crippen LogP contribution is -2.35. The first-order chi connectivity index (χ1) is 13.5. The van der Waals surface area contributed by atoms with Gasteiger partial charge in [0.25, 0.3) is 0 Å². The van der Waals surface area contributed by atoms with Crippen molar-refractivity contribution in [2.45, 2.75) is 33.2 Å². The third-order valence-electron chi connectivity index (χ3n) is 4.74. The Labute approximate surface area is 170 Å². The number of benzene rings is 1. The van der Waals surface area contributed by atoms with Gasteiger partial charge in [0.1, 0.15) is 13.2 Å². The Hall–Kier alpha value is -2.25.